The molecule has 0 bridgehead atoms. The molecule has 10 aromatic rings. The molecular formula is C80H98N40O17S3. The molecule has 2 aliphatic rings. The molecule has 1 fully saturated rings. The summed E-state index contributed by atoms with van der Waals surface area (Å²) in [5.41, 5.74) is 0.351. The van der Waals surface area contributed by atoms with Gasteiger partial charge in [0.15, 0.2) is 24.1 Å². The second kappa shape index (κ2) is 66.1. The smallest absolute Gasteiger partial charge is 0.380 e. The number of H-pyrrole nitrogens is 9. The number of carbonyl (C=O) groups excluding carboxylic acids is 4. The molecule has 140 heavy (non-hydrogen) atoms. The summed E-state index contributed by atoms with van der Waals surface area (Å²) in [5.74, 6) is 31.7. The number of aromatic hydroxyl groups is 2. The Morgan fingerprint density at radius 2 is 1.09 bits per heavy atom. The first-order valence-electron chi connectivity index (χ1n) is 38.5. The van der Waals surface area contributed by atoms with E-state index < -0.39 is 56.9 Å². The molecule has 0 aliphatic carbocycles. The highest BCUT2D eigenvalue weighted by atomic mass is 32.2. The molecule has 7 amide bonds. The number of anilines is 9. The second-order valence-corrected chi connectivity index (χ2v) is 27.8. The summed E-state index contributed by atoms with van der Waals surface area (Å²) in [6.45, 7) is 6.54. The number of aryl methyl sites for hydroxylation is 1. The lowest BCUT2D eigenvalue weighted by Crippen LogP contribution is -2.44. The molecule has 2 unspecified atom stereocenters. The van der Waals surface area contributed by atoms with Gasteiger partial charge < -0.3 is 92.7 Å². The number of aromatic nitrogens is 22. The van der Waals surface area contributed by atoms with Crippen molar-refractivity contribution in [2.24, 2.45) is 4.40 Å². The predicted octanol–water partition coefficient (Wildman–Crippen LogP) is -3.65. The summed E-state index contributed by atoms with van der Waals surface area (Å²) in [4.78, 5) is 135. The van der Waals surface area contributed by atoms with Crippen molar-refractivity contribution >= 4 is 118 Å². The topological polar surface area (TPSA) is 694 Å². The van der Waals surface area contributed by atoms with Crippen molar-refractivity contribution in [1.82, 2.24) is 153 Å². The van der Waals surface area contributed by atoms with Crippen LogP contribution in [-0.2, 0) is 26.9 Å². The maximum absolute atomic E-state index is 11.3. The Morgan fingerprint density at radius 3 is 1.54 bits per heavy atom. The van der Waals surface area contributed by atoms with Crippen LogP contribution in [0.2, 0.25) is 0 Å². The zero-order valence-electron chi connectivity index (χ0n) is 77.4. The fourth-order valence-electron chi connectivity index (χ4n) is 8.58. The Labute approximate surface area is 812 Å². The van der Waals surface area contributed by atoms with Crippen molar-refractivity contribution in [3.8, 4) is 160 Å². The van der Waals surface area contributed by atoms with Crippen LogP contribution in [0.25, 0.3) is 0 Å². The maximum Gasteiger partial charge on any atom is 0.380 e. The van der Waals surface area contributed by atoms with Crippen molar-refractivity contribution < 1.29 is 55.9 Å². The first-order valence-corrected chi connectivity index (χ1v) is 40.3. The molecule has 1 aromatic carbocycles. The number of hydrogen-bond donors (Lipinski definition) is 16. The minimum atomic E-state index is -1.61. The molecule has 60 heteroatoms. The van der Waals surface area contributed by atoms with Crippen LogP contribution < -0.4 is 93.5 Å². The van der Waals surface area contributed by atoms with Gasteiger partial charge in [-0.1, -0.05) is 86.5 Å². The van der Waals surface area contributed by atoms with Gasteiger partial charge in [0.05, 0.1) is 91.3 Å². The zero-order chi connectivity index (χ0) is 105. The number of likely N-dealkylation sites (N-methyl/N-ethyl adjacent to an activating group) is 1. The molecule has 0 saturated carbocycles. The van der Waals surface area contributed by atoms with Crippen LogP contribution >= 0.6 is 24.4 Å². The van der Waals surface area contributed by atoms with Crippen molar-refractivity contribution in [3.05, 3.63) is 97.9 Å². The van der Waals surface area contributed by atoms with Crippen LogP contribution in [0.15, 0.2) is 71.4 Å². The van der Waals surface area contributed by atoms with E-state index in [0.29, 0.717) is 104 Å². The van der Waals surface area contributed by atoms with Crippen LogP contribution in [-0.4, -0.2) is 345 Å². The van der Waals surface area contributed by atoms with Crippen LogP contribution in [0.4, 0.5) is 67.2 Å². The lowest BCUT2D eigenvalue weighted by atomic mass is 10.2. The van der Waals surface area contributed by atoms with E-state index in [4.69, 9.17) is 113 Å². The van der Waals surface area contributed by atoms with Crippen molar-refractivity contribution in [1.29, 1.82) is 0 Å². The number of amides is 7. The Morgan fingerprint density at radius 1 is 0.550 bits per heavy atom. The van der Waals surface area contributed by atoms with Crippen molar-refractivity contribution in [3.63, 3.8) is 0 Å². The van der Waals surface area contributed by atoms with Crippen molar-refractivity contribution in [2.45, 2.75) is 19.6 Å². The lowest BCUT2D eigenvalue weighted by Gasteiger charge is -2.18. The fourth-order valence-corrected chi connectivity index (χ4v) is 9.34. The fraction of sp³-hybridized carbons (Fsp3) is 0.338. The standard InChI is InChI=1S/C9H9NO3.C8H7NO3.C7H10N6O.C7H10N4.C7H9N3O2.C7H8N2O2.C6H8N6O.C6H8N4O.C6H8N4S.C6H7N3OS.C6H7N3O.C5H7N3O2S/c1-3-4-10(2)7-5-13-6-8(11)9(7)12;1-3-4-9(2)5-6(10)8(12)7(5)11;1-3-4-13(2)7(14)8-5-6-9-11-12-10-6;1-4-5-11(3)7-8-6(2)9-10-7;1-3-4-10(2)5-6(11)9-7(12)8-5;1-3-4-9(2)6-5-8-11-7(6)10;1-3-4-12(2)6(13)7-5-8-10-11-9-5;2*1-3-4-10(2)5-7-6(11)9-8-5;1-3-4-9(2)5-7-6(11)10-8-5;1-3-4-9(2)6-7-5-8-10-6;1-3-4-8(2)5-6-10-11(9)7-5/h1,5-6,11H,4H2,2H3;1,10H,4H2,2H3;1H,4-5H2,2H3,(H,8,14)(H,9,10,11,12);1H,5H2,2-3H3,(H,8,9,10);1,5H,4H2,2H3,(H2,8,9,11,12);1,5,8H,4H2,2H3;1H,4H2,2H3,(H2,7,8,9,10,11,13);2*1H,4H2,2H3,(H2,7,8,9,11);1H,4H2,2H3,(H,7,8,11);1,5H,4H2,2H3;1H,4H2,2H3,(H,6,7). The molecule has 9 aromatic heterocycles. The summed E-state index contributed by atoms with van der Waals surface area (Å²) >= 11 is 7.80. The summed E-state index contributed by atoms with van der Waals surface area (Å²) in [6.07, 6.45) is 65.1. The van der Waals surface area contributed by atoms with E-state index in [0.717, 1.165) is 12.1 Å². The molecule has 738 valence electrons. The highest BCUT2D eigenvalue weighted by molar-refractivity contribution is 7.79. The first-order chi connectivity index (χ1) is 66.7. The molecule has 2 atom stereocenters. The summed E-state index contributed by atoms with van der Waals surface area (Å²) in [7, 11) is 20.5. The monoisotopic (exact) mass is 1990 g/mol. The first kappa shape index (κ1) is 119. The zero-order valence-corrected chi connectivity index (χ0v) is 79.8. The molecule has 2 aliphatic heterocycles. The van der Waals surface area contributed by atoms with Gasteiger partial charge in [-0.2, -0.15) is 39.8 Å². The lowest BCUT2D eigenvalue weighted by molar-refractivity contribution is -0.123. The number of aromatic amines is 9. The quantitative estimate of drug-likeness (QED) is 0.0120. The maximum atomic E-state index is 11.3. The van der Waals surface area contributed by atoms with Crippen molar-refractivity contribution in [2.75, 3.05) is 208 Å². The highest BCUT2D eigenvalue weighted by Gasteiger charge is 2.32. The predicted molar refractivity (Wildman–Crippen MR) is 522 cm³/mol. The van der Waals surface area contributed by atoms with E-state index in [-0.39, 0.29) is 78.5 Å². The van der Waals surface area contributed by atoms with Gasteiger partial charge in [-0.15, -0.1) is 107 Å². The van der Waals surface area contributed by atoms with Gasteiger partial charge >= 0.3 is 51.5 Å². The Balaban J connectivity index is 0.000000764. The summed E-state index contributed by atoms with van der Waals surface area (Å²) < 4.78 is 37.6. The Kier molecular flexibility index (Phi) is 56.0. The van der Waals surface area contributed by atoms with Crippen LogP contribution in [0, 0.1) is 165 Å². The molecule has 11 heterocycles. The minimum absolute atomic E-state index is 0.0120. The van der Waals surface area contributed by atoms with Crippen LogP contribution in [0.5, 0.6) is 11.5 Å². The van der Waals surface area contributed by atoms with E-state index in [1.54, 1.807) is 103 Å². The Bertz CT molecular complexity index is 6330. The number of terminal acetylenes is 12. The van der Waals surface area contributed by atoms with Gasteiger partial charge in [-0.05, 0) is 43.6 Å². The molecule has 1 saturated heterocycles. The molecule has 16 N–H and O–H groups in total. The van der Waals surface area contributed by atoms with Gasteiger partial charge in [0.1, 0.15) is 35.4 Å². The number of nitrogens with zero attached hydrogens (tertiary/aromatic N) is 26. The molecule has 0 spiro atoms. The number of imide groups is 1. The van der Waals surface area contributed by atoms with E-state index in [1.165, 1.54) is 45.4 Å². The number of nitrogens with one attached hydrogen (secondary N) is 14. The van der Waals surface area contributed by atoms with E-state index in [9.17, 15) is 47.4 Å². The van der Waals surface area contributed by atoms with Gasteiger partial charge in [0.2, 0.25) is 45.7 Å². The Hall–Kier alpha value is -19.3. The number of hydrogen-bond acceptors (Lipinski definition) is 43. The summed E-state index contributed by atoms with van der Waals surface area (Å²) in [6, 6.07) is -0.682. The van der Waals surface area contributed by atoms with E-state index >= 15 is 0 Å². The van der Waals surface area contributed by atoms with Gasteiger partial charge in [0, 0.05) is 77.5 Å². The van der Waals surface area contributed by atoms with Crippen LogP contribution in [0.3, 0.4) is 0 Å². The highest BCUT2D eigenvalue weighted by Crippen LogP contribution is 2.19. The minimum Gasteiger partial charge on any atom is -0.502 e. The molecule has 0 radical (unpaired) electrons. The largest absolute Gasteiger partial charge is 0.502 e. The normalized spacial score (nSPS) is 11.2. The second-order valence-electron chi connectivity index (χ2n) is 26.3. The van der Waals surface area contributed by atoms with Gasteiger partial charge in [-0.3, -0.25) is 55.0 Å². The molecular weight excluding hydrogens is 1890 g/mol. The average molecular weight is 1990 g/mol. The number of hydroxylamine groups is 1. The third-order valence-corrected chi connectivity index (χ3v) is 16.4. The third kappa shape index (κ3) is 44.7. The number of tetrazole rings is 2. The molecule has 12 rings (SSSR count). The van der Waals surface area contributed by atoms with Gasteiger partial charge in [0.25, 0.3) is 22.7 Å². The number of carbonyl (C=O) groups is 4. The number of rotatable bonds is 24. The van der Waals surface area contributed by atoms with E-state index in [1.807, 2.05) is 21.0 Å². The van der Waals surface area contributed by atoms with Crippen LogP contribution in [0.1, 0.15) is 11.6 Å². The summed E-state index contributed by atoms with van der Waals surface area (Å²) in [5, 5.41) is 79.3. The third-order valence-electron chi connectivity index (χ3n) is 15.5. The number of urea groups is 3. The number of guanidine groups is 1. The van der Waals surface area contributed by atoms with Gasteiger partial charge in [-0.25, -0.2) is 43.9 Å². The SMILES string of the molecule is C#CCN(C)C(=O)NCc1nn[nH]n1.C#CCN(C)C(=O)Nc1nn[nH]n1.C#CCN(C)C1=NS(=O)ON1.C#CCN(C)C1NC(=O)NC1=O.C#CCN(C)c1c(O)c(=O)c1=O.C#CCN(C)c1c[nH]oc1=O.C#CCN(C)c1cocc(O)c1=O.C#CCN(C)c1n[nH]c(=O)[nH]1.C#CCN(C)c1n[nH]c(C)n1.C#CCN(C)c1nc(=S)[nH][nH]1.C#CCN(C)c1nc(=S)o[nH]1.C#CCN(C)c1ncno1. The molecule has 57 nitrogen and oxygen atoms in total. The average Bonchev–Trinajstić information content (AvgIpc) is 1.38. The van der Waals surface area contributed by atoms with E-state index in [2.05, 4.69) is 235 Å².